The van der Waals surface area contributed by atoms with Crippen LogP contribution in [0.15, 0.2) is 106 Å². The van der Waals surface area contributed by atoms with Crippen LogP contribution in [0, 0.1) is 6.92 Å². The van der Waals surface area contributed by atoms with Gasteiger partial charge in [-0.2, -0.15) is 18.8 Å². The zero-order valence-electron chi connectivity index (χ0n) is 22.4. The van der Waals surface area contributed by atoms with E-state index in [9.17, 15) is 21.6 Å². The Labute approximate surface area is 249 Å². The molecule has 1 amide bonds. The first-order valence-corrected chi connectivity index (χ1v) is 16.1. The summed E-state index contributed by atoms with van der Waals surface area (Å²) in [5, 5.41) is 8.51. The molecule has 5 rings (SSSR count). The minimum absolute atomic E-state index is 0.0126. The summed E-state index contributed by atoms with van der Waals surface area (Å²) in [5.74, 6) is -0.803. The molecule has 42 heavy (non-hydrogen) atoms. The van der Waals surface area contributed by atoms with Crippen molar-refractivity contribution >= 4 is 43.8 Å². The lowest BCUT2D eigenvalue weighted by Crippen LogP contribution is -2.60. The van der Waals surface area contributed by atoms with Crippen molar-refractivity contribution in [2.45, 2.75) is 22.8 Å². The number of nitrogens with zero attached hydrogens (tertiary/aromatic N) is 5. The van der Waals surface area contributed by atoms with Crippen LogP contribution in [-0.4, -0.2) is 73.0 Å². The number of hydrogen-bond acceptors (Lipinski definition) is 7. The summed E-state index contributed by atoms with van der Waals surface area (Å²) in [6, 6.07) is 23.4. The first-order chi connectivity index (χ1) is 20.1. The molecule has 11 nitrogen and oxygen atoms in total. The number of rotatable bonds is 8. The molecule has 1 aromatic heterocycles. The van der Waals surface area contributed by atoms with E-state index >= 15 is 0 Å². The van der Waals surface area contributed by atoms with Gasteiger partial charge in [-0.05, 0) is 43.3 Å². The average molecular weight is 627 g/mol. The van der Waals surface area contributed by atoms with Crippen LogP contribution >= 0.6 is 11.6 Å². The molecule has 14 heteroatoms. The fourth-order valence-corrected chi connectivity index (χ4v) is 7.92. The molecule has 0 radical (unpaired) electrons. The topological polar surface area (TPSA) is 134 Å². The fourth-order valence-electron chi connectivity index (χ4n) is 4.61. The third-order valence-electron chi connectivity index (χ3n) is 6.81. The Hall–Kier alpha value is -3.88. The van der Waals surface area contributed by atoms with E-state index in [2.05, 4.69) is 15.6 Å². The van der Waals surface area contributed by atoms with Crippen molar-refractivity contribution in [1.82, 2.24) is 23.8 Å². The monoisotopic (exact) mass is 626 g/mol. The van der Waals surface area contributed by atoms with Crippen LogP contribution in [0.4, 0.5) is 0 Å². The van der Waals surface area contributed by atoms with Crippen molar-refractivity contribution in [3.05, 3.63) is 107 Å². The van der Waals surface area contributed by atoms with Crippen molar-refractivity contribution in [3.8, 4) is 5.69 Å². The Balaban J connectivity index is 1.42. The van der Waals surface area contributed by atoms with Gasteiger partial charge in [-0.3, -0.25) is 4.79 Å². The number of hydrogen-bond donors (Lipinski definition) is 1. The number of benzene rings is 3. The van der Waals surface area contributed by atoms with Gasteiger partial charge in [0.25, 0.3) is 5.91 Å². The van der Waals surface area contributed by atoms with E-state index in [0.717, 1.165) is 14.3 Å². The van der Waals surface area contributed by atoms with Crippen LogP contribution < -0.4 is 5.43 Å². The molecule has 0 spiro atoms. The Kier molecular flexibility index (Phi) is 8.57. The minimum Gasteiger partial charge on any atom is -0.271 e. The van der Waals surface area contributed by atoms with Crippen molar-refractivity contribution in [2.75, 3.05) is 19.6 Å². The maximum absolute atomic E-state index is 13.6. The number of hydrazone groups is 1. The van der Waals surface area contributed by atoms with Gasteiger partial charge in [0.1, 0.15) is 6.04 Å². The Morgan fingerprint density at radius 2 is 1.43 bits per heavy atom. The molecule has 4 aromatic rings. The number of amides is 1. The van der Waals surface area contributed by atoms with E-state index in [1.165, 1.54) is 30.5 Å². The van der Waals surface area contributed by atoms with Crippen LogP contribution in [0.5, 0.6) is 0 Å². The second kappa shape index (κ2) is 12.2. The molecule has 1 atom stereocenters. The molecule has 1 fully saturated rings. The maximum Gasteiger partial charge on any atom is 0.259 e. The summed E-state index contributed by atoms with van der Waals surface area (Å²) in [6.07, 6.45) is 1.32. The molecule has 1 aliphatic rings. The van der Waals surface area contributed by atoms with Crippen LogP contribution in [0.2, 0.25) is 5.15 Å². The van der Waals surface area contributed by atoms with Crippen molar-refractivity contribution in [2.24, 2.45) is 5.10 Å². The lowest BCUT2D eigenvalue weighted by atomic mass is 10.2. The Bertz CT molecular complexity index is 1820. The second-order valence-electron chi connectivity index (χ2n) is 9.39. The molecular weight excluding hydrogens is 600 g/mol. The molecule has 218 valence electrons. The van der Waals surface area contributed by atoms with E-state index in [1.54, 1.807) is 48.0 Å². The zero-order chi connectivity index (χ0) is 29.9. The average Bonchev–Trinajstić information content (AvgIpc) is 3.30. The summed E-state index contributed by atoms with van der Waals surface area (Å²) in [4.78, 5) is 13.5. The van der Waals surface area contributed by atoms with Crippen molar-refractivity contribution in [1.29, 1.82) is 0 Å². The zero-order valence-corrected chi connectivity index (χ0v) is 24.8. The van der Waals surface area contributed by atoms with E-state index in [-0.39, 0.29) is 28.0 Å². The van der Waals surface area contributed by atoms with E-state index < -0.39 is 38.5 Å². The van der Waals surface area contributed by atoms with Crippen molar-refractivity contribution in [3.63, 3.8) is 0 Å². The number of sulfonamides is 2. The van der Waals surface area contributed by atoms with Gasteiger partial charge in [0, 0.05) is 19.6 Å². The number of carbonyl (C=O) groups excluding carboxylic acids is 1. The summed E-state index contributed by atoms with van der Waals surface area (Å²) >= 11 is 6.35. The smallest absolute Gasteiger partial charge is 0.259 e. The van der Waals surface area contributed by atoms with Crippen LogP contribution in [0.3, 0.4) is 0 Å². The standard InChI is InChI=1S/C28H27ClN6O5S2/c1-21-25(27(29)32-35(21)22-11-5-2-6-12-22)19-30-31-28(36)26-20-33(41(37,38)23-13-7-3-8-14-23)17-18-34(26)42(39,40)24-15-9-4-10-16-24/h2-16,19,26H,17-18,20H2,1H3,(H,31,36)/b30-19-/t26-/m0/s1. The third kappa shape index (κ3) is 5.87. The largest absolute Gasteiger partial charge is 0.271 e. The first kappa shape index (κ1) is 29.6. The highest BCUT2D eigenvalue weighted by Gasteiger charge is 2.43. The van der Waals surface area contributed by atoms with Crippen molar-refractivity contribution < 1.29 is 21.6 Å². The lowest BCUT2D eigenvalue weighted by Gasteiger charge is -2.38. The molecule has 1 saturated heterocycles. The number of carbonyl (C=O) groups is 1. The van der Waals surface area contributed by atoms with Gasteiger partial charge in [-0.1, -0.05) is 66.2 Å². The highest BCUT2D eigenvalue weighted by molar-refractivity contribution is 7.89. The van der Waals surface area contributed by atoms with E-state index in [4.69, 9.17) is 11.6 Å². The second-order valence-corrected chi connectivity index (χ2v) is 13.6. The number of nitrogens with one attached hydrogen (secondary N) is 1. The normalized spacial score (nSPS) is 17.0. The molecule has 3 aromatic carbocycles. The Morgan fingerprint density at radius 3 is 2.02 bits per heavy atom. The summed E-state index contributed by atoms with van der Waals surface area (Å²) in [7, 11) is -8.14. The lowest BCUT2D eigenvalue weighted by molar-refractivity contribution is -0.125. The molecule has 1 N–H and O–H groups in total. The van der Waals surface area contributed by atoms with Gasteiger partial charge < -0.3 is 0 Å². The van der Waals surface area contributed by atoms with Gasteiger partial charge in [0.05, 0.1) is 33.0 Å². The maximum atomic E-state index is 13.6. The van der Waals surface area contributed by atoms with Gasteiger partial charge in [-0.15, -0.1) is 0 Å². The molecule has 0 aliphatic carbocycles. The molecule has 0 bridgehead atoms. The molecule has 2 heterocycles. The van der Waals surface area contributed by atoms with Gasteiger partial charge in [0.2, 0.25) is 20.0 Å². The predicted molar refractivity (Wildman–Crippen MR) is 158 cm³/mol. The molecular formula is C28H27ClN6O5S2. The first-order valence-electron chi connectivity index (χ1n) is 12.9. The minimum atomic E-state index is -4.14. The van der Waals surface area contributed by atoms with E-state index in [0.29, 0.717) is 11.3 Å². The highest BCUT2D eigenvalue weighted by atomic mass is 35.5. The van der Waals surface area contributed by atoms with Crippen LogP contribution in [0.25, 0.3) is 5.69 Å². The molecule has 0 unspecified atom stereocenters. The van der Waals surface area contributed by atoms with Gasteiger partial charge in [0.15, 0.2) is 5.15 Å². The quantitative estimate of drug-likeness (QED) is 0.236. The molecule has 0 saturated carbocycles. The predicted octanol–water partition coefficient (Wildman–Crippen LogP) is 3.05. The third-order valence-corrected chi connectivity index (χ3v) is 10.9. The number of aromatic nitrogens is 2. The van der Waals surface area contributed by atoms with E-state index in [1.807, 2.05) is 30.3 Å². The Morgan fingerprint density at radius 1 is 0.881 bits per heavy atom. The summed E-state index contributed by atoms with van der Waals surface area (Å²) < 4.78 is 57.6. The van der Waals surface area contributed by atoms with Gasteiger partial charge in [-0.25, -0.2) is 26.9 Å². The number of para-hydroxylation sites is 1. The SMILES string of the molecule is Cc1c(/C=N\NC(=O)[C@@H]2CN(S(=O)(=O)c3ccccc3)CCN2S(=O)(=O)c2ccccc2)c(Cl)nn1-c1ccccc1. The van der Waals surface area contributed by atoms with Gasteiger partial charge >= 0.3 is 0 Å². The van der Waals surface area contributed by atoms with Crippen LogP contribution in [-0.2, 0) is 24.8 Å². The summed E-state index contributed by atoms with van der Waals surface area (Å²) in [5.41, 5.74) is 4.27. The molecule has 1 aliphatic heterocycles. The van der Waals surface area contributed by atoms with Crippen LogP contribution in [0.1, 0.15) is 11.3 Å². The highest BCUT2D eigenvalue weighted by Crippen LogP contribution is 2.26. The number of halogens is 1. The fraction of sp³-hybridized carbons (Fsp3) is 0.179. The summed E-state index contributed by atoms with van der Waals surface area (Å²) in [6.45, 7) is 1.01. The number of piperazine rings is 1.